The molecule has 0 saturated carbocycles. The van der Waals surface area contributed by atoms with Crippen LogP contribution in [-0.4, -0.2) is 25.8 Å². The topological polar surface area (TPSA) is 21.3 Å². The van der Waals surface area contributed by atoms with Crippen molar-refractivity contribution >= 4 is 0 Å². The van der Waals surface area contributed by atoms with E-state index in [0.29, 0.717) is 5.92 Å². The van der Waals surface area contributed by atoms with Gasteiger partial charge in [0.1, 0.15) is 5.82 Å². The molecule has 1 aliphatic rings. The van der Waals surface area contributed by atoms with Gasteiger partial charge in [-0.05, 0) is 43.5 Å². The highest BCUT2D eigenvalue weighted by atomic mass is 19.1. The quantitative estimate of drug-likeness (QED) is 0.868. The highest BCUT2D eigenvalue weighted by Crippen LogP contribution is 2.24. The van der Waals surface area contributed by atoms with Crippen LogP contribution in [0.25, 0.3) is 0 Å². The average molecular weight is 237 g/mol. The molecule has 1 aromatic rings. The maximum Gasteiger partial charge on any atom is 0.123 e. The molecule has 0 aromatic heterocycles. The molecule has 1 N–H and O–H groups in total. The first-order chi connectivity index (χ1) is 8.20. The van der Waals surface area contributed by atoms with Gasteiger partial charge in [0.25, 0.3) is 0 Å². The maximum absolute atomic E-state index is 13.1. The molecule has 0 bridgehead atoms. The van der Waals surface area contributed by atoms with Crippen molar-refractivity contribution in [3.05, 3.63) is 35.6 Å². The Morgan fingerprint density at radius 3 is 2.94 bits per heavy atom. The number of nitrogens with one attached hydrogen (secondary N) is 1. The second kappa shape index (κ2) is 5.61. The van der Waals surface area contributed by atoms with E-state index >= 15 is 0 Å². The monoisotopic (exact) mass is 237 g/mol. The molecule has 0 aliphatic carbocycles. The van der Waals surface area contributed by atoms with Crippen LogP contribution in [0.3, 0.4) is 0 Å². The second-order valence-corrected chi connectivity index (χ2v) is 4.83. The summed E-state index contributed by atoms with van der Waals surface area (Å²) in [5.74, 6) is 0.402. The van der Waals surface area contributed by atoms with Crippen molar-refractivity contribution in [2.75, 3.05) is 13.7 Å². The van der Waals surface area contributed by atoms with Crippen LogP contribution in [0.1, 0.15) is 18.9 Å². The van der Waals surface area contributed by atoms with Gasteiger partial charge < -0.3 is 10.1 Å². The number of benzene rings is 1. The molecule has 17 heavy (non-hydrogen) atoms. The molecule has 0 spiro atoms. The summed E-state index contributed by atoms with van der Waals surface area (Å²) in [7, 11) is 1.94. The molecule has 1 saturated heterocycles. The zero-order chi connectivity index (χ0) is 12.3. The zero-order valence-electron chi connectivity index (χ0n) is 10.4. The maximum atomic E-state index is 13.1. The Hall–Kier alpha value is -0.930. The molecule has 1 fully saturated rings. The fraction of sp³-hybridized carbons (Fsp3) is 0.571. The van der Waals surface area contributed by atoms with E-state index in [2.05, 4.69) is 12.2 Å². The first kappa shape index (κ1) is 12.5. The molecule has 94 valence electrons. The standard InChI is InChI=1S/C14H20FNO/c1-10-6-7-17-14(10)13(16-2)9-11-4-3-5-12(15)8-11/h3-5,8,10,13-14,16H,6-7,9H2,1-2H3. The Morgan fingerprint density at radius 2 is 2.35 bits per heavy atom. The molecule has 3 unspecified atom stereocenters. The summed E-state index contributed by atoms with van der Waals surface area (Å²) < 4.78 is 18.9. The van der Waals surface area contributed by atoms with Gasteiger partial charge in [0.15, 0.2) is 0 Å². The first-order valence-corrected chi connectivity index (χ1v) is 6.24. The van der Waals surface area contributed by atoms with Crippen molar-refractivity contribution in [2.24, 2.45) is 5.92 Å². The van der Waals surface area contributed by atoms with Crippen molar-refractivity contribution in [1.29, 1.82) is 0 Å². The normalized spacial score (nSPS) is 26.1. The van der Waals surface area contributed by atoms with E-state index in [4.69, 9.17) is 4.74 Å². The molecule has 3 heteroatoms. The van der Waals surface area contributed by atoms with Crippen LogP contribution < -0.4 is 5.32 Å². The van der Waals surface area contributed by atoms with Crippen LogP contribution in [0.2, 0.25) is 0 Å². The summed E-state index contributed by atoms with van der Waals surface area (Å²) in [6.45, 7) is 3.06. The molecule has 2 rings (SSSR count). The van der Waals surface area contributed by atoms with Gasteiger partial charge in [-0.25, -0.2) is 4.39 Å². The van der Waals surface area contributed by atoms with Gasteiger partial charge in [-0.2, -0.15) is 0 Å². The Bertz CT molecular complexity index is 369. The number of hydrogen-bond donors (Lipinski definition) is 1. The van der Waals surface area contributed by atoms with Crippen molar-refractivity contribution < 1.29 is 9.13 Å². The molecule has 1 aliphatic heterocycles. The van der Waals surface area contributed by atoms with Gasteiger partial charge in [-0.3, -0.25) is 0 Å². The van der Waals surface area contributed by atoms with Crippen LogP contribution in [-0.2, 0) is 11.2 Å². The number of hydrogen-bond acceptors (Lipinski definition) is 2. The number of halogens is 1. The largest absolute Gasteiger partial charge is 0.376 e. The molecule has 0 radical (unpaired) electrons. The van der Waals surface area contributed by atoms with Gasteiger partial charge in [0.2, 0.25) is 0 Å². The number of ether oxygens (including phenoxy) is 1. The SMILES string of the molecule is CNC(Cc1cccc(F)c1)C1OCCC1C. The molecule has 3 atom stereocenters. The van der Waals surface area contributed by atoms with Crippen LogP contribution in [0, 0.1) is 11.7 Å². The molecule has 1 heterocycles. The predicted octanol–water partition coefficient (Wildman–Crippen LogP) is 2.38. The lowest BCUT2D eigenvalue weighted by Gasteiger charge is -2.25. The minimum atomic E-state index is -0.169. The lowest BCUT2D eigenvalue weighted by atomic mass is 9.93. The van der Waals surface area contributed by atoms with Crippen molar-refractivity contribution in [3.8, 4) is 0 Å². The summed E-state index contributed by atoms with van der Waals surface area (Å²) >= 11 is 0. The number of likely N-dealkylation sites (N-methyl/N-ethyl adjacent to an activating group) is 1. The molecule has 2 nitrogen and oxygen atoms in total. The van der Waals surface area contributed by atoms with Crippen LogP contribution >= 0.6 is 0 Å². The predicted molar refractivity (Wildman–Crippen MR) is 66.5 cm³/mol. The fourth-order valence-corrected chi connectivity index (χ4v) is 2.53. The fourth-order valence-electron chi connectivity index (χ4n) is 2.53. The van der Waals surface area contributed by atoms with E-state index in [1.165, 1.54) is 6.07 Å². The Morgan fingerprint density at radius 1 is 1.53 bits per heavy atom. The molecule has 0 amide bonds. The van der Waals surface area contributed by atoms with E-state index in [1.54, 1.807) is 12.1 Å². The molecule has 1 aromatic carbocycles. The lowest BCUT2D eigenvalue weighted by molar-refractivity contribution is 0.0634. The minimum Gasteiger partial charge on any atom is -0.376 e. The van der Waals surface area contributed by atoms with Gasteiger partial charge in [-0.15, -0.1) is 0 Å². The zero-order valence-corrected chi connectivity index (χ0v) is 10.4. The lowest BCUT2D eigenvalue weighted by Crippen LogP contribution is -2.41. The van der Waals surface area contributed by atoms with Gasteiger partial charge in [-0.1, -0.05) is 19.1 Å². The third-order valence-corrected chi connectivity index (χ3v) is 3.56. The summed E-state index contributed by atoms with van der Waals surface area (Å²) in [5, 5.41) is 3.29. The second-order valence-electron chi connectivity index (χ2n) is 4.83. The third kappa shape index (κ3) is 3.05. The van der Waals surface area contributed by atoms with Gasteiger partial charge in [0.05, 0.1) is 6.10 Å². The molecular weight excluding hydrogens is 217 g/mol. The third-order valence-electron chi connectivity index (χ3n) is 3.56. The Labute approximate surface area is 102 Å². The number of rotatable bonds is 4. The van der Waals surface area contributed by atoms with E-state index in [-0.39, 0.29) is 18.0 Å². The molecular formula is C14H20FNO. The smallest absolute Gasteiger partial charge is 0.123 e. The van der Waals surface area contributed by atoms with Gasteiger partial charge >= 0.3 is 0 Å². The highest BCUT2D eigenvalue weighted by Gasteiger charge is 2.31. The van der Waals surface area contributed by atoms with Gasteiger partial charge in [0, 0.05) is 12.6 Å². The van der Waals surface area contributed by atoms with Crippen molar-refractivity contribution in [1.82, 2.24) is 5.32 Å². The Balaban J connectivity index is 2.04. The van der Waals surface area contributed by atoms with Crippen LogP contribution in [0.15, 0.2) is 24.3 Å². The van der Waals surface area contributed by atoms with E-state index < -0.39 is 0 Å². The highest BCUT2D eigenvalue weighted by molar-refractivity contribution is 5.18. The summed E-state index contributed by atoms with van der Waals surface area (Å²) in [4.78, 5) is 0. The van der Waals surface area contributed by atoms with E-state index in [0.717, 1.165) is 25.0 Å². The van der Waals surface area contributed by atoms with Crippen molar-refractivity contribution in [2.45, 2.75) is 31.9 Å². The minimum absolute atomic E-state index is 0.169. The van der Waals surface area contributed by atoms with Crippen LogP contribution in [0.5, 0.6) is 0 Å². The summed E-state index contributed by atoms with van der Waals surface area (Å²) in [6, 6.07) is 7.06. The summed E-state index contributed by atoms with van der Waals surface area (Å²) in [5.41, 5.74) is 1.02. The van der Waals surface area contributed by atoms with Crippen LogP contribution in [0.4, 0.5) is 4.39 Å². The average Bonchev–Trinajstić information content (AvgIpc) is 2.72. The van der Waals surface area contributed by atoms with Crippen molar-refractivity contribution in [3.63, 3.8) is 0 Å². The summed E-state index contributed by atoms with van der Waals surface area (Å²) in [6.07, 6.45) is 2.16. The van der Waals surface area contributed by atoms with E-state index in [9.17, 15) is 4.39 Å². The first-order valence-electron chi connectivity index (χ1n) is 6.24. The van der Waals surface area contributed by atoms with E-state index in [1.807, 2.05) is 13.1 Å². The Kier molecular flexibility index (Phi) is 4.13.